The smallest absolute Gasteiger partial charge is 0.293 e. The molecule has 26 heavy (non-hydrogen) atoms. The quantitative estimate of drug-likeness (QED) is 0.649. The van der Waals surface area contributed by atoms with E-state index in [9.17, 15) is 19.3 Å². The Hall–Kier alpha value is -2.71. The van der Waals surface area contributed by atoms with Gasteiger partial charge in [-0.3, -0.25) is 14.9 Å². The standard InChI is InChI=1S/C17H15ClFN3O4/c18-12-2-1-3-13(16(12)19)20-17(23)11-4-5-14(15(10-11)22(24)25)21-6-8-26-9-7-21/h1-5,10H,6-9H2,(H,20,23). The molecule has 1 aliphatic rings. The maximum Gasteiger partial charge on any atom is 0.293 e. The molecule has 1 heterocycles. The molecular formula is C17H15ClFN3O4. The summed E-state index contributed by atoms with van der Waals surface area (Å²) >= 11 is 5.69. The van der Waals surface area contributed by atoms with Crippen molar-refractivity contribution in [2.24, 2.45) is 0 Å². The molecule has 0 aromatic heterocycles. The molecule has 136 valence electrons. The summed E-state index contributed by atoms with van der Waals surface area (Å²) < 4.78 is 19.2. The van der Waals surface area contributed by atoms with E-state index in [1.807, 2.05) is 4.90 Å². The maximum absolute atomic E-state index is 13.9. The van der Waals surface area contributed by atoms with E-state index in [0.29, 0.717) is 32.0 Å². The summed E-state index contributed by atoms with van der Waals surface area (Å²) in [5, 5.41) is 13.7. The Labute approximate surface area is 153 Å². The maximum atomic E-state index is 13.9. The largest absolute Gasteiger partial charge is 0.378 e. The number of anilines is 2. The van der Waals surface area contributed by atoms with Crippen LogP contribution in [0, 0.1) is 15.9 Å². The van der Waals surface area contributed by atoms with Gasteiger partial charge in [0.1, 0.15) is 5.69 Å². The Balaban J connectivity index is 1.88. The first-order valence-corrected chi connectivity index (χ1v) is 8.21. The number of morpholine rings is 1. The third kappa shape index (κ3) is 3.76. The third-order valence-corrected chi connectivity index (χ3v) is 4.28. The summed E-state index contributed by atoms with van der Waals surface area (Å²) in [5.74, 6) is -1.43. The van der Waals surface area contributed by atoms with Crippen molar-refractivity contribution in [2.45, 2.75) is 0 Å². The molecule has 3 rings (SSSR count). The van der Waals surface area contributed by atoms with Gasteiger partial charge in [-0.05, 0) is 24.3 Å². The van der Waals surface area contributed by atoms with Gasteiger partial charge in [0.05, 0.1) is 28.8 Å². The number of benzene rings is 2. The zero-order valence-electron chi connectivity index (χ0n) is 13.6. The molecule has 1 aliphatic heterocycles. The average molecular weight is 380 g/mol. The Morgan fingerprint density at radius 1 is 1.27 bits per heavy atom. The Morgan fingerprint density at radius 2 is 2.00 bits per heavy atom. The van der Waals surface area contributed by atoms with Crippen LogP contribution in [-0.4, -0.2) is 37.1 Å². The molecule has 0 atom stereocenters. The zero-order valence-corrected chi connectivity index (χ0v) is 14.3. The molecule has 7 nitrogen and oxygen atoms in total. The molecule has 0 aliphatic carbocycles. The Kier molecular flexibility index (Phi) is 5.34. The Morgan fingerprint density at radius 3 is 2.69 bits per heavy atom. The van der Waals surface area contributed by atoms with Crippen LogP contribution in [0.4, 0.5) is 21.5 Å². The molecule has 0 spiro atoms. The monoisotopic (exact) mass is 379 g/mol. The lowest BCUT2D eigenvalue weighted by Crippen LogP contribution is -2.36. The molecule has 0 bridgehead atoms. The van der Waals surface area contributed by atoms with Gasteiger partial charge >= 0.3 is 0 Å². The second-order valence-corrected chi connectivity index (χ2v) is 6.02. The Bertz CT molecular complexity index is 856. The van der Waals surface area contributed by atoms with Crippen LogP contribution in [0.2, 0.25) is 5.02 Å². The number of carbonyl (C=O) groups is 1. The highest BCUT2D eigenvalue weighted by atomic mass is 35.5. The van der Waals surface area contributed by atoms with E-state index in [1.165, 1.54) is 36.4 Å². The second kappa shape index (κ2) is 7.67. The highest BCUT2D eigenvalue weighted by Crippen LogP contribution is 2.30. The van der Waals surface area contributed by atoms with Gasteiger partial charge in [-0.25, -0.2) is 4.39 Å². The summed E-state index contributed by atoms with van der Waals surface area (Å²) in [6.07, 6.45) is 0. The fourth-order valence-corrected chi connectivity index (χ4v) is 2.85. The van der Waals surface area contributed by atoms with Crippen LogP contribution in [0.25, 0.3) is 0 Å². The van der Waals surface area contributed by atoms with Crippen molar-refractivity contribution in [1.29, 1.82) is 0 Å². The molecule has 1 saturated heterocycles. The number of rotatable bonds is 4. The number of amides is 1. The van der Waals surface area contributed by atoms with E-state index in [-0.39, 0.29) is 22.0 Å². The lowest BCUT2D eigenvalue weighted by atomic mass is 10.1. The SMILES string of the molecule is O=C(Nc1cccc(Cl)c1F)c1ccc(N2CCOCC2)c([N+](=O)[O-])c1. The normalized spacial score (nSPS) is 14.2. The first-order chi connectivity index (χ1) is 12.5. The topological polar surface area (TPSA) is 84.7 Å². The fraction of sp³-hybridized carbons (Fsp3) is 0.235. The number of hydrogen-bond acceptors (Lipinski definition) is 5. The van der Waals surface area contributed by atoms with E-state index in [1.54, 1.807) is 0 Å². The van der Waals surface area contributed by atoms with Crippen molar-refractivity contribution < 1.29 is 18.8 Å². The number of halogens is 2. The van der Waals surface area contributed by atoms with Crippen LogP contribution in [0.3, 0.4) is 0 Å². The van der Waals surface area contributed by atoms with E-state index in [2.05, 4.69) is 5.32 Å². The molecule has 0 radical (unpaired) electrons. The third-order valence-electron chi connectivity index (χ3n) is 3.99. The molecule has 1 N–H and O–H groups in total. The first kappa shape index (κ1) is 18.1. The number of carbonyl (C=O) groups excluding carboxylic acids is 1. The van der Waals surface area contributed by atoms with Gasteiger partial charge in [0, 0.05) is 24.7 Å². The average Bonchev–Trinajstić information content (AvgIpc) is 2.65. The first-order valence-electron chi connectivity index (χ1n) is 7.84. The lowest BCUT2D eigenvalue weighted by molar-refractivity contribution is -0.384. The molecule has 1 amide bonds. The van der Waals surface area contributed by atoms with Gasteiger partial charge in [0.15, 0.2) is 5.82 Å². The van der Waals surface area contributed by atoms with Crippen molar-refractivity contribution in [3.63, 3.8) is 0 Å². The van der Waals surface area contributed by atoms with Gasteiger partial charge in [-0.1, -0.05) is 17.7 Å². The van der Waals surface area contributed by atoms with Crippen LogP contribution in [-0.2, 0) is 4.74 Å². The highest BCUT2D eigenvalue weighted by molar-refractivity contribution is 6.31. The summed E-state index contributed by atoms with van der Waals surface area (Å²) in [5.41, 5.74) is 0.186. The van der Waals surface area contributed by atoms with Crippen molar-refractivity contribution in [3.8, 4) is 0 Å². The second-order valence-electron chi connectivity index (χ2n) is 5.62. The van der Waals surface area contributed by atoms with Crippen LogP contribution in [0.5, 0.6) is 0 Å². The molecule has 0 unspecified atom stereocenters. The van der Waals surface area contributed by atoms with E-state index in [0.717, 1.165) is 0 Å². The number of nitro benzene ring substituents is 1. The van der Waals surface area contributed by atoms with Crippen LogP contribution < -0.4 is 10.2 Å². The van der Waals surface area contributed by atoms with Crippen LogP contribution >= 0.6 is 11.6 Å². The van der Waals surface area contributed by atoms with Crippen molar-refractivity contribution >= 4 is 34.6 Å². The van der Waals surface area contributed by atoms with Crippen molar-refractivity contribution in [2.75, 3.05) is 36.5 Å². The predicted molar refractivity (Wildman–Crippen MR) is 95.5 cm³/mol. The minimum atomic E-state index is -0.762. The van der Waals surface area contributed by atoms with Crippen LogP contribution in [0.1, 0.15) is 10.4 Å². The van der Waals surface area contributed by atoms with Gasteiger partial charge in [-0.15, -0.1) is 0 Å². The zero-order chi connectivity index (χ0) is 18.7. The van der Waals surface area contributed by atoms with E-state index in [4.69, 9.17) is 16.3 Å². The fourth-order valence-electron chi connectivity index (χ4n) is 2.68. The summed E-state index contributed by atoms with van der Waals surface area (Å²) in [6, 6.07) is 8.38. The predicted octanol–water partition coefficient (Wildman–Crippen LogP) is 3.48. The number of nitrogens with zero attached hydrogens (tertiary/aromatic N) is 2. The number of ether oxygens (including phenoxy) is 1. The molecule has 0 saturated carbocycles. The van der Waals surface area contributed by atoms with Crippen LogP contribution in [0.15, 0.2) is 36.4 Å². The van der Waals surface area contributed by atoms with Gasteiger partial charge in [0.2, 0.25) is 0 Å². The van der Waals surface area contributed by atoms with E-state index < -0.39 is 16.6 Å². The van der Waals surface area contributed by atoms with Crippen molar-refractivity contribution in [3.05, 3.63) is 62.9 Å². The number of nitrogens with one attached hydrogen (secondary N) is 1. The minimum absolute atomic E-state index is 0.0492. The summed E-state index contributed by atoms with van der Waals surface area (Å²) in [4.78, 5) is 25.1. The summed E-state index contributed by atoms with van der Waals surface area (Å²) in [6.45, 7) is 2.01. The van der Waals surface area contributed by atoms with Gasteiger partial charge < -0.3 is 15.0 Å². The minimum Gasteiger partial charge on any atom is -0.378 e. The molecule has 2 aromatic carbocycles. The lowest BCUT2D eigenvalue weighted by Gasteiger charge is -2.28. The van der Waals surface area contributed by atoms with Gasteiger partial charge in [0.25, 0.3) is 11.6 Å². The molecule has 9 heteroatoms. The van der Waals surface area contributed by atoms with Gasteiger partial charge in [-0.2, -0.15) is 0 Å². The van der Waals surface area contributed by atoms with Crippen molar-refractivity contribution in [1.82, 2.24) is 0 Å². The van der Waals surface area contributed by atoms with E-state index >= 15 is 0 Å². The summed E-state index contributed by atoms with van der Waals surface area (Å²) in [7, 11) is 0. The number of nitro groups is 1. The molecular weight excluding hydrogens is 365 g/mol. The molecule has 1 fully saturated rings. The highest BCUT2D eigenvalue weighted by Gasteiger charge is 2.23. The molecule has 2 aromatic rings. The number of hydrogen-bond donors (Lipinski definition) is 1.